The summed E-state index contributed by atoms with van der Waals surface area (Å²) in [5.41, 5.74) is 9.28. The van der Waals surface area contributed by atoms with Crippen molar-refractivity contribution in [2.45, 2.75) is 13.3 Å². The summed E-state index contributed by atoms with van der Waals surface area (Å²) < 4.78 is 13.9. The van der Waals surface area contributed by atoms with Crippen molar-refractivity contribution in [2.24, 2.45) is 0 Å². The van der Waals surface area contributed by atoms with E-state index in [-0.39, 0.29) is 5.82 Å². The zero-order valence-corrected chi connectivity index (χ0v) is 8.68. The first kappa shape index (κ1) is 10.1. The molecule has 0 saturated carbocycles. The van der Waals surface area contributed by atoms with E-state index >= 15 is 0 Å². The van der Waals surface area contributed by atoms with Crippen LogP contribution in [0.3, 0.4) is 0 Å². The van der Waals surface area contributed by atoms with Gasteiger partial charge in [-0.25, -0.2) is 4.39 Å². The Morgan fingerprint density at radius 1 is 1.62 bits per heavy atom. The van der Waals surface area contributed by atoms with Gasteiger partial charge in [0.05, 0.1) is 5.56 Å². The monoisotopic (exact) mass is 242 g/mol. The Kier molecular flexibility index (Phi) is 3.34. The molecule has 0 unspecified atom stereocenters. The molecule has 0 atom stereocenters. The van der Waals surface area contributed by atoms with Crippen molar-refractivity contribution in [2.75, 3.05) is 0 Å². The molecule has 0 N–H and O–H groups in total. The first-order valence-electron chi connectivity index (χ1n) is 3.85. The molecule has 1 aromatic rings. The molecule has 0 saturated heterocycles. The smallest absolute Gasteiger partial charge is 0.301 e. The van der Waals surface area contributed by atoms with E-state index in [1.807, 2.05) is 0 Å². The maximum atomic E-state index is 13.2. The summed E-state index contributed by atoms with van der Waals surface area (Å²) in [6, 6.07) is 4.53. The van der Waals surface area contributed by atoms with Crippen molar-refractivity contribution < 1.29 is 9.18 Å². The van der Waals surface area contributed by atoms with E-state index in [0.717, 1.165) is 4.47 Å². The Morgan fingerprint density at radius 2 is 2.31 bits per heavy atom. The Labute approximate surface area is 84.1 Å². The number of nitrogens with zero attached hydrogens (tertiary/aromatic N) is 2. The highest BCUT2D eigenvalue weighted by atomic mass is 79.9. The standard InChI is InChI=1S/C9H8BrFN2/c1-2-9(13-12)7-5-6(10)3-4-8(7)11/h3-5H,2H2,1H3. The van der Waals surface area contributed by atoms with Crippen molar-refractivity contribution in [3.8, 4) is 0 Å². The summed E-state index contributed by atoms with van der Waals surface area (Å²) in [6.45, 7) is 1.80. The van der Waals surface area contributed by atoms with E-state index < -0.39 is 0 Å². The molecule has 1 aromatic carbocycles. The van der Waals surface area contributed by atoms with Crippen LogP contribution in [-0.2, 0) is 0 Å². The van der Waals surface area contributed by atoms with E-state index in [2.05, 4.69) is 20.7 Å². The molecule has 0 heterocycles. The van der Waals surface area contributed by atoms with Gasteiger partial charge in [0, 0.05) is 10.9 Å². The van der Waals surface area contributed by atoms with Gasteiger partial charge in [-0.15, -0.1) is 0 Å². The van der Waals surface area contributed by atoms with Crippen LogP contribution in [0.25, 0.3) is 5.53 Å². The van der Waals surface area contributed by atoms with Crippen LogP contribution < -0.4 is 0 Å². The lowest BCUT2D eigenvalue weighted by atomic mass is 10.1. The molecule has 68 valence electrons. The van der Waals surface area contributed by atoms with Gasteiger partial charge >= 0.3 is 5.71 Å². The van der Waals surface area contributed by atoms with Gasteiger partial charge in [0.2, 0.25) is 0 Å². The average Bonchev–Trinajstić information content (AvgIpc) is 2.13. The summed E-state index contributed by atoms with van der Waals surface area (Å²) >= 11 is 3.22. The van der Waals surface area contributed by atoms with Crippen molar-refractivity contribution in [3.63, 3.8) is 0 Å². The highest BCUT2D eigenvalue weighted by Crippen LogP contribution is 2.16. The maximum Gasteiger partial charge on any atom is 0.301 e. The van der Waals surface area contributed by atoms with Gasteiger partial charge in [0.15, 0.2) is 0 Å². The summed E-state index contributed by atoms with van der Waals surface area (Å²) in [6.07, 6.45) is 0.490. The number of hydrogen-bond acceptors (Lipinski definition) is 0. The Morgan fingerprint density at radius 3 is 2.85 bits per heavy atom. The van der Waals surface area contributed by atoms with Crippen LogP contribution >= 0.6 is 15.9 Å². The molecule has 0 aliphatic carbocycles. The number of hydrogen-bond donors (Lipinski definition) is 0. The summed E-state index contributed by atoms with van der Waals surface area (Å²) in [7, 11) is 0. The molecule has 4 heteroatoms. The van der Waals surface area contributed by atoms with Gasteiger partial charge in [0.25, 0.3) is 0 Å². The Hall–Kier alpha value is -0.990. The van der Waals surface area contributed by atoms with Crippen LogP contribution in [0.5, 0.6) is 0 Å². The lowest BCUT2D eigenvalue weighted by Crippen LogP contribution is -2.03. The molecular formula is C9H8BrFN2. The third-order valence-corrected chi connectivity index (χ3v) is 2.19. The third-order valence-electron chi connectivity index (χ3n) is 1.69. The summed E-state index contributed by atoms with van der Waals surface area (Å²) in [5, 5.41) is 0. The SMILES string of the molecule is CCC(=[N+]=[N-])c1cc(Br)ccc1F. The van der Waals surface area contributed by atoms with E-state index in [9.17, 15) is 4.39 Å². The fourth-order valence-corrected chi connectivity index (χ4v) is 1.39. The quantitative estimate of drug-likeness (QED) is 0.435. The average molecular weight is 243 g/mol. The van der Waals surface area contributed by atoms with Gasteiger partial charge in [-0.1, -0.05) is 22.9 Å². The third kappa shape index (κ3) is 2.23. The molecule has 0 amide bonds. The predicted molar refractivity (Wildman–Crippen MR) is 52.1 cm³/mol. The minimum absolute atomic E-state index is 0.333. The van der Waals surface area contributed by atoms with Gasteiger partial charge in [0.1, 0.15) is 5.82 Å². The van der Waals surface area contributed by atoms with Gasteiger partial charge in [-0.2, -0.15) is 4.79 Å². The van der Waals surface area contributed by atoms with Crippen LogP contribution in [0.2, 0.25) is 0 Å². The molecule has 0 aromatic heterocycles. The minimum Gasteiger partial charge on any atom is -0.361 e. The van der Waals surface area contributed by atoms with Crippen molar-refractivity contribution in [1.82, 2.24) is 0 Å². The molecule has 0 fully saturated rings. The van der Waals surface area contributed by atoms with Crippen molar-refractivity contribution in [1.29, 1.82) is 0 Å². The summed E-state index contributed by atoms with van der Waals surface area (Å²) in [4.78, 5) is 3.03. The normalized spacial score (nSPS) is 9.46. The van der Waals surface area contributed by atoms with Crippen molar-refractivity contribution in [3.05, 3.63) is 39.6 Å². The molecule has 2 nitrogen and oxygen atoms in total. The van der Waals surface area contributed by atoms with E-state index in [1.54, 1.807) is 19.1 Å². The number of rotatable bonds is 2. The lowest BCUT2D eigenvalue weighted by Gasteiger charge is -1.97. The second kappa shape index (κ2) is 4.30. The molecule has 0 spiro atoms. The predicted octanol–water partition coefficient (Wildman–Crippen LogP) is 3.02. The zero-order chi connectivity index (χ0) is 9.84. The van der Waals surface area contributed by atoms with Crippen LogP contribution in [0, 0.1) is 5.82 Å². The molecular weight excluding hydrogens is 235 g/mol. The van der Waals surface area contributed by atoms with Crippen LogP contribution in [0.15, 0.2) is 22.7 Å². The van der Waals surface area contributed by atoms with Crippen LogP contribution in [0.4, 0.5) is 4.39 Å². The minimum atomic E-state index is -0.377. The topological polar surface area (TPSA) is 36.4 Å². The van der Waals surface area contributed by atoms with E-state index in [4.69, 9.17) is 5.53 Å². The van der Waals surface area contributed by atoms with Crippen LogP contribution in [0.1, 0.15) is 18.9 Å². The van der Waals surface area contributed by atoms with Crippen LogP contribution in [-0.4, -0.2) is 10.5 Å². The molecule has 13 heavy (non-hydrogen) atoms. The molecule has 1 rings (SSSR count). The zero-order valence-electron chi connectivity index (χ0n) is 7.09. The number of halogens is 2. The summed E-state index contributed by atoms with van der Waals surface area (Å²) in [5.74, 6) is -0.377. The van der Waals surface area contributed by atoms with Gasteiger partial charge in [-0.3, -0.25) is 0 Å². The fourth-order valence-electron chi connectivity index (χ4n) is 1.03. The fraction of sp³-hybridized carbons (Fsp3) is 0.222. The molecule has 0 bridgehead atoms. The maximum absolute atomic E-state index is 13.2. The highest BCUT2D eigenvalue weighted by Gasteiger charge is 2.14. The van der Waals surface area contributed by atoms with E-state index in [1.165, 1.54) is 6.07 Å². The first-order valence-corrected chi connectivity index (χ1v) is 4.64. The lowest BCUT2D eigenvalue weighted by molar-refractivity contribution is -0.00680. The first-order chi connectivity index (χ1) is 6.19. The molecule has 0 radical (unpaired) electrons. The second-order valence-corrected chi connectivity index (χ2v) is 3.44. The molecule has 0 aliphatic rings. The van der Waals surface area contributed by atoms with Gasteiger partial charge in [-0.05, 0) is 18.2 Å². The number of benzene rings is 1. The Balaban J connectivity index is 3.27. The van der Waals surface area contributed by atoms with Crippen molar-refractivity contribution >= 4 is 21.6 Å². The largest absolute Gasteiger partial charge is 0.361 e. The van der Waals surface area contributed by atoms with Gasteiger partial charge < -0.3 is 5.53 Å². The Bertz CT molecular complexity index is 370. The molecule has 0 aliphatic heterocycles. The highest BCUT2D eigenvalue weighted by molar-refractivity contribution is 9.10. The van der Waals surface area contributed by atoms with E-state index in [0.29, 0.717) is 17.7 Å². The second-order valence-electron chi connectivity index (χ2n) is 2.52.